The number of likely N-dealkylation sites (N-methyl/N-ethyl adjacent to an activating group) is 1. The number of rotatable bonds is 5. The van der Waals surface area contributed by atoms with E-state index < -0.39 is 0 Å². The molecule has 0 aromatic heterocycles. The summed E-state index contributed by atoms with van der Waals surface area (Å²) in [5.74, 6) is 2.17. The number of thiol groups is 1. The molecule has 0 spiro atoms. The van der Waals surface area contributed by atoms with E-state index in [-0.39, 0.29) is 0 Å². The molecule has 5 heteroatoms. The molecule has 0 saturated carbocycles. The second-order valence-corrected chi connectivity index (χ2v) is 5.86. The molecular formula is C13H18N2OS2. The number of phenols is 1. The van der Waals surface area contributed by atoms with Crippen molar-refractivity contribution >= 4 is 29.4 Å². The number of benzene rings is 1. The number of nitrogens with zero attached hydrogens (tertiary/aromatic N) is 2. The van der Waals surface area contributed by atoms with Crippen LogP contribution in [-0.4, -0.2) is 52.7 Å². The highest BCUT2D eigenvalue weighted by molar-refractivity contribution is 8.14. The van der Waals surface area contributed by atoms with Crippen molar-refractivity contribution in [3.8, 4) is 5.75 Å². The summed E-state index contributed by atoms with van der Waals surface area (Å²) in [5.41, 5.74) is 0.849. The van der Waals surface area contributed by atoms with Crippen LogP contribution < -0.4 is 0 Å². The maximum Gasteiger partial charge on any atom is 0.125 e. The zero-order valence-electron chi connectivity index (χ0n) is 10.4. The van der Waals surface area contributed by atoms with E-state index in [1.807, 2.05) is 18.2 Å². The van der Waals surface area contributed by atoms with Crippen molar-refractivity contribution in [2.24, 2.45) is 4.99 Å². The minimum absolute atomic E-state index is 0.313. The van der Waals surface area contributed by atoms with E-state index in [1.165, 1.54) is 0 Å². The van der Waals surface area contributed by atoms with Crippen LogP contribution in [0.3, 0.4) is 0 Å². The first-order chi connectivity index (χ1) is 8.70. The molecule has 0 aliphatic carbocycles. The highest BCUT2D eigenvalue weighted by atomic mass is 32.2. The molecule has 1 aliphatic heterocycles. The molecule has 0 saturated heterocycles. The number of thioether (sulfide) groups is 1. The summed E-state index contributed by atoms with van der Waals surface area (Å²) in [6.07, 6.45) is 0. The molecule has 1 atom stereocenters. The lowest BCUT2D eigenvalue weighted by Gasteiger charge is -2.17. The lowest BCUT2D eigenvalue weighted by Crippen LogP contribution is -2.29. The molecule has 0 bridgehead atoms. The number of phenolic OH excluding ortho intramolecular Hbond substituents is 1. The average Bonchev–Trinajstić information content (AvgIpc) is 2.78. The average molecular weight is 282 g/mol. The molecule has 1 heterocycles. The first-order valence-electron chi connectivity index (χ1n) is 5.99. The molecule has 1 aromatic rings. The summed E-state index contributed by atoms with van der Waals surface area (Å²) in [7, 11) is 2.09. The van der Waals surface area contributed by atoms with Crippen molar-refractivity contribution in [2.45, 2.75) is 6.04 Å². The second kappa shape index (κ2) is 6.50. The molecule has 3 nitrogen and oxygen atoms in total. The van der Waals surface area contributed by atoms with Gasteiger partial charge in [-0.05, 0) is 19.2 Å². The number of hydrogen-bond donors (Lipinski definition) is 2. The zero-order chi connectivity index (χ0) is 13.0. The summed E-state index contributed by atoms with van der Waals surface area (Å²) in [5, 5.41) is 10.8. The summed E-state index contributed by atoms with van der Waals surface area (Å²) >= 11 is 5.95. The SMILES string of the molecule is CN(CCS)C[C@@H]1CSC(c2ccccc2O)=N1. The third-order valence-corrected chi connectivity index (χ3v) is 4.20. The van der Waals surface area contributed by atoms with Gasteiger partial charge in [0.2, 0.25) is 0 Å². The van der Waals surface area contributed by atoms with Crippen LogP contribution in [0.25, 0.3) is 0 Å². The topological polar surface area (TPSA) is 35.8 Å². The quantitative estimate of drug-likeness (QED) is 0.812. The standard InChI is InChI=1S/C13H18N2OS2/c1-15(6-7-17)8-10-9-18-13(14-10)11-4-2-3-5-12(11)16/h2-5,10,16-17H,6-9H2,1H3/t10-/m1/s1. The van der Waals surface area contributed by atoms with Crippen molar-refractivity contribution < 1.29 is 5.11 Å². The fraction of sp³-hybridized carbons (Fsp3) is 0.462. The van der Waals surface area contributed by atoms with E-state index in [0.29, 0.717) is 11.8 Å². The van der Waals surface area contributed by atoms with Crippen LogP contribution in [0.4, 0.5) is 0 Å². The van der Waals surface area contributed by atoms with Gasteiger partial charge in [0.05, 0.1) is 6.04 Å². The molecule has 0 radical (unpaired) electrons. The molecule has 0 unspecified atom stereocenters. The molecule has 2 rings (SSSR count). The van der Waals surface area contributed by atoms with Crippen molar-refractivity contribution in [3.05, 3.63) is 29.8 Å². The molecule has 1 N–H and O–H groups in total. The molecule has 1 aliphatic rings. The van der Waals surface area contributed by atoms with Crippen LogP contribution in [0.1, 0.15) is 5.56 Å². The Labute approximate surface area is 118 Å². The van der Waals surface area contributed by atoms with E-state index in [0.717, 1.165) is 35.2 Å². The van der Waals surface area contributed by atoms with Gasteiger partial charge in [0, 0.05) is 30.2 Å². The van der Waals surface area contributed by atoms with E-state index in [4.69, 9.17) is 4.99 Å². The van der Waals surface area contributed by atoms with Crippen LogP contribution >= 0.6 is 24.4 Å². The predicted molar refractivity (Wildman–Crippen MR) is 82.2 cm³/mol. The molecule has 18 heavy (non-hydrogen) atoms. The highest BCUT2D eigenvalue weighted by Gasteiger charge is 2.21. The van der Waals surface area contributed by atoms with E-state index >= 15 is 0 Å². The van der Waals surface area contributed by atoms with Gasteiger partial charge in [-0.15, -0.1) is 11.8 Å². The van der Waals surface area contributed by atoms with Crippen LogP contribution in [0.15, 0.2) is 29.3 Å². The lowest BCUT2D eigenvalue weighted by molar-refractivity contribution is 0.340. The Balaban J connectivity index is 2.02. The summed E-state index contributed by atoms with van der Waals surface area (Å²) < 4.78 is 0. The molecule has 98 valence electrons. The molecule has 0 amide bonds. The number of aromatic hydroxyl groups is 1. The van der Waals surface area contributed by atoms with Gasteiger partial charge in [-0.3, -0.25) is 4.99 Å². The Kier molecular flexibility index (Phi) is 4.97. The van der Waals surface area contributed by atoms with Gasteiger partial charge in [0.25, 0.3) is 0 Å². The Hall–Kier alpha value is -0.650. The first-order valence-corrected chi connectivity index (χ1v) is 7.61. The number of para-hydroxylation sites is 1. The Bertz CT molecular complexity index is 437. The number of aliphatic imine (C=N–C) groups is 1. The van der Waals surface area contributed by atoms with Gasteiger partial charge in [-0.25, -0.2) is 0 Å². The van der Waals surface area contributed by atoms with E-state index in [9.17, 15) is 5.11 Å². The smallest absolute Gasteiger partial charge is 0.125 e. The largest absolute Gasteiger partial charge is 0.507 e. The normalized spacial score (nSPS) is 19.3. The fourth-order valence-electron chi connectivity index (χ4n) is 1.93. The van der Waals surface area contributed by atoms with Gasteiger partial charge in [0.15, 0.2) is 0 Å². The van der Waals surface area contributed by atoms with Crippen LogP contribution in [0.5, 0.6) is 5.75 Å². The molecule has 0 fully saturated rings. The first kappa shape index (κ1) is 13.8. The minimum Gasteiger partial charge on any atom is -0.507 e. The van der Waals surface area contributed by atoms with Crippen molar-refractivity contribution in [3.63, 3.8) is 0 Å². The van der Waals surface area contributed by atoms with Gasteiger partial charge < -0.3 is 10.0 Å². The second-order valence-electron chi connectivity index (χ2n) is 4.40. The monoisotopic (exact) mass is 282 g/mol. The van der Waals surface area contributed by atoms with Crippen molar-refractivity contribution in [1.29, 1.82) is 0 Å². The lowest BCUT2D eigenvalue weighted by atomic mass is 10.2. The Morgan fingerprint density at radius 1 is 1.50 bits per heavy atom. The zero-order valence-corrected chi connectivity index (χ0v) is 12.1. The fourth-order valence-corrected chi connectivity index (χ4v) is 3.36. The highest BCUT2D eigenvalue weighted by Crippen LogP contribution is 2.28. The van der Waals surface area contributed by atoms with Gasteiger partial charge >= 0.3 is 0 Å². The van der Waals surface area contributed by atoms with Crippen LogP contribution in [0, 0.1) is 0 Å². The third kappa shape index (κ3) is 3.43. The molecule has 1 aromatic carbocycles. The summed E-state index contributed by atoms with van der Waals surface area (Å²) in [6.45, 7) is 1.93. The Morgan fingerprint density at radius 2 is 2.28 bits per heavy atom. The van der Waals surface area contributed by atoms with Gasteiger partial charge in [0.1, 0.15) is 10.8 Å². The van der Waals surface area contributed by atoms with E-state index in [2.05, 4.69) is 24.6 Å². The number of hydrogen-bond acceptors (Lipinski definition) is 5. The maximum atomic E-state index is 9.81. The van der Waals surface area contributed by atoms with Gasteiger partial charge in [-0.1, -0.05) is 12.1 Å². The minimum atomic E-state index is 0.313. The summed E-state index contributed by atoms with van der Waals surface area (Å²) in [4.78, 5) is 6.94. The van der Waals surface area contributed by atoms with Crippen molar-refractivity contribution in [1.82, 2.24) is 4.90 Å². The molecular weight excluding hydrogens is 264 g/mol. The van der Waals surface area contributed by atoms with Crippen LogP contribution in [-0.2, 0) is 0 Å². The predicted octanol–water partition coefficient (Wildman–Crippen LogP) is 2.12. The van der Waals surface area contributed by atoms with Crippen molar-refractivity contribution in [2.75, 3.05) is 31.6 Å². The van der Waals surface area contributed by atoms with E-state index in [1.54, 1.807) is 17.8 Å². The summed E-state index contributed by atoms with van der Waals surface area (Å²) in [6, 6.07) is 7.70. The Morgan fingerprint density at radius 3 is 3.00 bits per heavy atom. The third-order valence-electron chi connectivity index (χ3n) is 2.85. The maximum absolute atomic E-state index is 9.81. The van der Waals surface area contributed by atoms with Gasteiger partial charge in [-0.2, -0.15) is 12.6 Å². The van der Waals surface area contributed by atoms with Crippen LogP contribution in [0.2, 0.25) is 0 Å².